The lowest BCUT2D eigenvalue weighted by atomic mass is 9.90. The van der Waals surface area contributed by atoms with Crippen LogP contribution in [0.25, 0.3) is 0 Å². The Hall–Kier alpha value is -2.11. The van der Waals surface area contributed by atoms with E-state index in [2.05, 4.69) is 22.9 Å². The molecule has 1 unspecified atom stereocenters. The molecule has 2 N–H and O–H groups in total. The van der Waals surface area contributed by atoms with E-state index in [-0.39, 0.29) is 5.41 Å². The number of aromatic nitrogens is 1. The predicted octanol–water partition coefficient (Wildman–Crippen LogP) is 2.84. The number of hydrogen-bond donors (Lipinski definition) is 1. The molecule has 25 heavy (non-hydrogen) atoms. The van der Waals surface area contributed by atoms with Crippen LogP contribution in [-0.2, 0) is 13.2 Å². The van der Waals surface area contributed by atoms with Crippen LogP contribution < -0.4 is 15.2 Å². The fourth-order valence-electron chi connectivity index (χ4n) is 3.25. The van der Waals surface area contributed by atoms with Gasteiger partial charge in [0, 0.05) is 24.8 Å². The van der Waals surface area contributed by atoms with Crippen LogP contribution in [0.4, 0.5) is 0 Å². The summed E-state index contributed by atoms with van der Waals surface area (Å²) in [5.74, 6) is 1.73. The monoisotopic (exact) mass is 341 g/mol. The Morgan fingerprint density at radius 3 is 2.84 bits per heavy atom. The first-order valence-electron chi connectivity index (χ1n) is 8.74. The number of benzene rings is 1. The highest BCUT2D eigenvalue weighted by Crippen LogP contribution is 2.32. The maximum atomic E-state index is 6.04. The van der Waals surface area contributed by atoms with E-state index in [0.29, 0.717) is 6.61 Å². The van der Waals surface area contributed by atoms with E-state index in [0.717, 1.165) is 55.4 Å². The molecule has 1 atom stereocenters. The van der Waals surface area contributed by atoms with Crippen LogP contribution in [0.1, 0.15) is 24.6 Å². The van der Waals surface area contributed by atoms with Crippen molar-refractivity contribution in [2.75, 3.05) is 26.7 Å². The van der Waals surface area contributed by atoms with Gasteiger partial charge in [-0.2, -0.15) is 0 Å². The molecule has 2 heterocycles. The van der Waals surface area contributed by atoms with Crippen molar-refractivity contribution >= 4 is 0 Å². The molecule has 2 aromatic rings. The molecule has 0 radical (unpaired) electrons. The maximum absolute atomic E-state index is 6.04. The summed E-state index contributed by atoms with van der Waals surface area (Å²) < 4.78 is 11.4. The Kier molecular flexibility index (Phi) is 5.56. The Balaban J connectivity index is 1.72. The topological polar surface area (TPSA) is 60.6 Å². The Morgan fingerprint density at radius 1 is 1.28 bits per heavy atom. The Morgan fingerprint density at radius 2 is 2.16 bits per heavy atom. The number of rotatable bonds is 7. The van der Waals surface area contributed by atoms with Crippen molar-refractivity contribution in [1.82, 2.24) is 9.88 Å². The normalized spacial score (nSPS) is 20.6. The minimum atomic E-state index is 0.216. The van der Waals surface area contributed by atoms with Crippen LogP contribution in [0, 0.1) is 5.41 Å². The van der Waals surface area contributed by atoms with Gasteiger partial charge in [0.25, 0.3) is 0 Å². The van der Waals surface area contributed by atoms with E-state index < -0.39 is 0 Å². The zero-order valence-electron chi connectivity index (χ0n) is 15.1. The summed E-state index contributed by atoms with van der Waals surface area (Å²) in [5, 5.41) is 0. The van der Waals surface area contributed by atoms with Gasteiger partial charge in [-0.05, 0) is 55.3 Å². The highest BCUT2D eigenvalue weighted by Gasteiger charge is 2.32. The number of hydrogen-bond acceptors (Lipinski definition) is 5. The van der Waals surface area contributed by atoms with Gasteiger partial charge in [0.2, 0.25) is 0 Å². The molecule has 0 spiro atoms. The lowest BCUT2D eigenvalue weighted by Crippen LogP contribution is -2.31. The minimum Gasteiger partial charge on any atom is -0.497 e. The van der Waals surface area contributed by atoms with Crippen molar-refractivity contribution in [2.24, 2.45) is 11.1 Å². The highest BCUT2D eigenvalue weighted by atomic mass is 16.5. The summed E-state index contributed by atoms with van der Waals surface area (Å²) in [4.78, 5) is 6.76. The summed E-state index contributed by atoms with van der Waals surface area (Å²) in [5.41, 5.74) is 8.20. The number of nitrogens with zero attached hydrogens (tertiary/aromatic N) is 2. The van der Waals surface area contributed by atoms with Crippen molar-refractivity contribution in [3.63, 3.8) is 0 Å². The van der Waals surface area contributed by atoms with E-state index in [1.807, 2.05) is 30.3 Å². The number of pyridine rings is 1. The molecule has 5 heteroatoms. The molecule has 1 fully saturated rings. The van der Waals surface area contributed by atoms with Gasteiger partial charge in [-0.1, -0.05) is 13.0 Å². The average molecular weight is 341 g/mol. The van der Waals surface area contributed by atoms with Gasteiger partial charge < -0.3 is 15.2 Å². The zero-order chi connectivity index (χ0) is 17.7. The average Bonchev–Trinajstić information content (AvgIpc) is 3.03. The van der Waals surface area contributed by atoms with Crippen molar-refractivity contribution < 1.29 is 9.47 Å². The van der Waals surface area contributed by atoms with Crippen LogP contribution in [0.15, 0.2) is 42.6 Å². The molecule has 134 valence electrons. The maximum Gasteiger partial charge on any atom is 0.130 e. The van der Waals surface area contributed by atoms with E-state index >= 15 is 0 Å². The standard InChI is InChI=1S/C20H27N3O2/c1-20(14-21)8-10-23(15-20)12-16-11-18(24-2)6-7-19(16)25-13-17-5-3-4-9-22-17/h3-7,9,11H,8,10,12-15,21H2,1-2H3. The van der Waals surface area contributed by atoms with Crippen molar-refractivity contribution in [3.8, 4) is 11.5 Å². The van der Waals surface area contributed by atoms with Crippen LogP contribution in [-0.4, -0.2) is 36.6 Å². The smallest absolute Gasteiger partial charge is 0.130 e. The molecule has 1 aromatic carbocycles. The first-order chi connectivity index (χ1) is 12.1. The third kappa shape index (κ3) is 4.50. The second-order valence-corrected chi connectivity index (χ2v) is 7.06. The van der Waals surface area contributed by atoms with Gasteiger partial charge >= 0.3 is 0 Å². The SMILES string of the molecule is COc1ccc(OCc2ccccn2)c(CN2CCC(C)(CN)C2)c1. The van der Waals surface area contributed by atoms with E-state index in [9.17, 15) is 0 Å². The number of likely N-dealkylation sites (tertiary alicyclic amines) is 1. The summed E-state index contributed by atoms with van der Waals surface area (Å²) >= 11 is 0. The first kappa shape index (κ1) is 17.7. The van der Waals surface area contributed by atoms with Gasteiger partial charge in [-0.15, -0.1) is 0 Å². The van der Waals surface area contributed by atoms with Gasteiger partial charge in [-0.25, -0.2) is 0 Å². The van der Waals surface area contributed by atoms with Gasteiger partial charge in [-0.3, -0.25) is 9.88 Å². The molecule has 1 saturated heterocycles. The van der Waals surface area contributed by atoms with E-state index in [4.69, 9.17) is 15.2 Å². The number of nitrogens with two attached hydrogens (primary N) is 1. The van der Waals surface area contributed by atoms with Gasteiger partial charge in [0.05, 0.1) is 12.8 Å². The number of methoxy groups -OCH3 is 1. The third-order valence-corrected chi connectivity index (χ3v) is 4.89. The molecule has 0 saturated carbocycles. The fourth-order valence-corrected chi connectivity index (χ4v) is 3.25. The van der Waals surface area contributed by atoms with Crippen molar-refractivity contribution in [3.05, 3.63) is 53.9 Å². The van der Waals surface area contributed by atoms with Crippen LogP contribution in [0.3, 0.4) is 0 Å². The lowest BCUT2D eigenvalue weighted by Gasteiger charge is -2.23. The van der Waals surface area contributed by atoms with Crippen LogP contribution >= 0.6 is 0 Å². The highest BCUT2D eigenvalue weighted by molar-refractivity contribution is 5.40. The molecular weight excluding hydrogens is 314 g/mol. The second kappa shape index (κ2) is 7.85. The summed E-state index contributed by atoms with van der Waals surface area (Å²) in [7, 11) is 1.69. The molecule has 0 bridgehead atoms. The van der Waals surface area contributed by atoms with E-state index in [1.165, 1.54) is 0 Å². The van der Waals surface area contributed by atoms with Crippen molar-refractivity contribution in [2.45, 2.75) is 26.5 Å². The predicted molar refractivity (Wildman–Crippen MR) is 98.6 cm³/mol. The molecule has 0 aliphatic carbocycles. The fraction of sp³-hybridized carbons (Fsp3) is 0.450. The van der Waals surface area contributed by atoms with Gasteiger partial charge in [0.15, 0.2) is 0 Å². The van der Waals surface area contributed by atoms with Gasteiger partial charge in [0.1, 0.15) is 18.1 Å². The second-order valence-electron chi connectivity index (χ2n) is 7.06. The quantitative estimate of drug-likeness (QED) is 0.839. The number of ether oxygens (including phenoxy) is 2. The molecule has 3 rings (SSSR count). The molecule has 0 amide bonds. The Bertz CT molecular complexity index is 693. The summed E-state index contributed by atoms with van der Waals surface area (Å²) in [6.07, 6.45) is 2.92. The lowest BCUT2D eigenvalue weighted by molar-refractivity contribution is 0.260. The Labute approximate surface area is 149 Å². The molecule has 5 nitrogen and oxygen atoms in total. The molecule has 1 aliphatic rings. The van der Waals surface area contributed by atoms with Crippen LogP contribution in [0.5, 0.6) is 11.5 Å². The molecule has 1 aromatic heterocycles. The molecular formula is C20H27N3O2. The largest absolute Gasteiger partial charge is 0.497 e. The first-order valence-corrected chi connectivity index (χ1v) is 8.74. The van der Waals surface area contributed by atoms with Crippen LogP contribution in [0.2, 0.25) is 0 Å². The molecule has 1 aliphatic heterocycles. The zero-order valence-corrected chi connectivity index (χ0v) is 15.1. The summed E-state index contributed by atoms with van der Waals surface area (Å²) in [6, 6.07) is 11.8. The van der Waals surface area contributed by atoms with E-state index in [1.54, 1.807) is 13.3 Å². The van der Waals surface area contributed by atoms with Crippen molar-refractivity contribution in [1.29, 1.82) is 0 Å². The minimum absolute atomic E-state index is 0.216. The third-order valence-electron chi connectivity index (χ3n) is 4.89. The summed E-state index contributed by atoms with van der Waals surface area (Å²) in [6.45, 7) is 6.36.